The van der Waals surface area contributed by atoms with Gasteiger partial charge in [0.05, 0.1) is 17.3 Å². The molecule has 11 heteroatoms. The molecule has 1 aromatic carbocycles. The minimum absolute atomic E-state index is 0.241. The molecule has 0 amide bonds. The van der Waals surface area contributed by atoms with E-state index < -0.39 is 29.7 Å². The van der Waals surface area contributed by atoms with Crippen LogP contribution in [0.15, 0.2) is 36.4 Å². The molecule has 1 saturated carbocycles. The second kappa shape index (κ2) is 10.6. The maximum atomic E-state index is 14.8. The molecule has 3 N–H and O–H groups in total. The minimum Gasteiger partial charge on any atom is -0.481 e. The predicted molar refractivity (Wildman–Crippen MR) is 107 cm³/mol. The maximum Gasteiger partial charge on any atom is 0.490 e. The number of hydrogen-bond donors (Lipinski definition) is 3. The Morgan fingerprint density at radius 3 is 2.25 bits per heavy atom. The van der Waals surface area contributed by atoms with Gasteiger partial charge in [-0.05, 0) is 31.7 Å². The van der Waals surface area contributed by atoms with Crippen LogP contribution in [0.25, 0.3) is 11.3 Å². The van der Waals surface area contributed by atoms with Crippen molar-refractivity contribution >= 4 is 11.9 Å². The first-order valence-corrected chi connectivity index (χ1v) is 9.92. The normalized spacial score (nSPS) is 20.8. The fourth-order valence-corrected chi connectivity index (χ4v) is 3.39. The van der Waals surface area contributed by atoms with Crippen molar-refractivity contribution < 1.29 is 37.4 Å². The van der Waals surface area contributed by atoms with Crippen LogP contribution in [0.3, 0.4) is 0 Å². The summed E-state index contributed by atoms with van der Waals surface area (Å²) in [5.41, 5.74) is 1.63. The van der Waals surface area contributed by atoms with Crippen molar-refractivity contribution in [1.29, 1.82) is 0 Å². The molecule has 32 heavy (non-hydrogen) atoms. The zero-order chi connectivity index (χ0) is 23.9. The number of aromatic nitrogens is 2. The summed E-state index contributed by atoms with van der Waals surface area (Å²) in [5.74, 6) is -3.96. The first-order chi connectivity index (χ1) is 14.9. The van der Waals surface area contributed by atoms with Crippen LogP contribution in [0, 0.1) is 5.92 Å². The maximum absolute atomic E-state index is 14.8. The van der Waals surface area contributed by atoms with E-state index in [9.17, 15) is 22.4 Å². The summed E-state index contributed by atoms with van der Waals surface area (Å²) in [5, 5.41) is 23.8. The van der Waals surface area contributed by atoms with Crippen molar-refractivity contribution in [1.82, 2.24) is 15.1 Å². The molecule has 1 aliphatic carbocycles. The number of nitrogens with one attached hydrogen (secondary N) is 1. The fraction of sp³-hybridized carbons (Fsp3) is 0.476. The molecular weight excluding hydrogens is 434 g/mol. The van der Waals surface area contributed by atoms with E-state index >= 15 is 0 Å². The highest BCUT2D eigenvalue weighted by Crippen LogP contribution is 2.35. The lowest BCUT2D eigenvalue weighted by Crippen LogP contribution is -2.41. The summed E-state index contributed by atoms with van der Waals surface area (Å²) >= 11 is 0. The van der Waals surface area contributed by atoms with Crippen molar-refractivity contribution in [2.24, 2.45) is 13.0 Å². The van der Waals surface area contributed by atoms with Gasteiger partial charge in [-0.15, -0.1) is 0 Å². The van der Waals surface area contributed by atoms with Crippen LogP contribution in [0.4, 0.5) is 17.6 Å². The summed E-state index contributed by atoms with van der Waals surface area (Å²) in [6.45, 7) is 0.773. The number of alkyl halides is 4. The van der Waals surface area contributed by atoms with Gasteiger partial charge < -0.3 is 15.5 Å². The lowest BCUT2D eigenvalue weighted by atomic mass is 9.80. The fourth-order valence-electron chi connectivity index (χ4n) is 3.39. The summed E-state index contributed by atoms with van der Waals surface area (Å²) in [6.07, 6.45) is -3.65. The van der Waals surface area contributed by atoms with Crippen LogP contribution >= 0.6 is 0 Å². The molecule has 176 valence electrons. The Morgan fingerprint density at radius 2 is 1.75 bits per heavy atom. The highest BCUT2D eigenvalue weighted by molar-refractivity contribution is 5.73. The van der Waals surface area contributed by atoms with Gasteiger partial charge in [-0.1, -0.05) is 30.3 Å². The molecule has 0 saturated heterocycles. The number of hydrogen-bond acceptors (Lipinski definition) is 4. The number of carbonyl (C=O) groups is 2. The summed E-state index contributed by atoms with van der Waals surface area (Å²) in [4.78, 5) is 19.9. The van der Waals surface area contributed by atoms with E-state index in [2.05, 4.69) is 10.4 Å². The minimum atomic E-state index is -5.08. The lowest BCUT2D eigenvalue weighted by Gasteiger charge is -2.32. The number of carboxylic acid groups (broad SMARTS) is 2. The lowest BCUT2D eigenvalue weighted by molar-refractivity contribution is -0.192. The zero-order valence-corrected chi connectivity index (χ0v) is 17.4. The van der Waals surface area contributed by atoms with Gasteiger partial charge in [0, 0.05) is 25.7 Å². The molecule has 2 aromatic rings. The number of carboxylic acids is 2. The smallest absolute Gasteiger partial charge is 0.481 e. The summed E-state index contributed by atoms with van der Waals surface area (Å²) < 4.78 is 48.3. The Kier molecular flexibility index (Phi) is 8.37. The van der Waals surface area contributed by atoms with Crippen molar-refractivity contribution in [3.05, 3.63) is 42.1 Å². The molecule has 0 spiro atoms. The molecule has 7 nitrogen and oxygen atoms in total. The predicted octanol–water partition coefficient (Wildman–Crippen LogP) is 3.79. The molecular formula is C21H25F4N3O4. The third kappa shape index (κ3) is 7.33. The molecule has 1 heterocycles. The average molecular weight is 459 g/mol. The average Bonchev–Trinajstić information content (AvgIpc) is 3.09. The Hall–Kier alpha value is -2.95. The van der Waals surface area contributed by atoms with Gasteiger partial charge in [-0.25, -0.2) is 9.18 Å². The molecule has 1 aliphatic rings. The topological polar surface area (TPSA) is 104 Å². The van der Waals surface area contributed by atoms with Gasteiger partial charge in [0.1, 0.15) is 5.67 Å². The van der Waals surface area contributed by atoms with E-state index in [1.807, 2.05) is 48.1 Å². The molecule has 0 radical (unpaired) electrons. The Morgan fingerprint density at radius 1 is 1.19 bits per heavy atom. The second-order valence-electron chi connectivity index (χ2n) is 7.68. The third-order valence-electron chi connectivity index (χ3n) is 5.27. The number of aliphatic carboxylic acids is 2. The van der Waals surface area contributed by atoms with Gasteiger partial charge >= 0.3 is 18.1 Å². The molecule has 0 bridgehead atoms. The summed E-state index contributed by atoms with van der Waals surface area (Å²) in [6, 6.07) is 11.9. The van der Waals surface area contributed by atoms with Gasteiger partial charge in [0.2, 0.25) is 0 Å². The van der Waals surface area contributed by atoms with Crippen LogP contribution < -0.4 is 5.32 Å². The number of halogens is 4. The van der Waals surface area contributed by atoms with Gasteiger partial charge in [0.25, 0.3) is 0 Å². The van der Waals surface area contributed by atoms with Crippen molar-refractivity contribution in [2.75, 3.05) is 6.54 Å². The molecule has 0 atom stereocenters. The van der Waals surface area contributed by atoms with Gasteiger partial charge in [-0.3, -0.25) is 9.48 Å². The van der Waals surface area contributed by atoms with Crippen molar-refractivity contribution in [3.8, 4) is 11.3 Å². The Labute approximate surface area is 182 Å². The van der Waals surface area contributed by atoms with E-state index in [0.717, 1.165) is 17.0 Å². The molecule has 0 aliphatic heterocycles. The van der Waals surface area contributed by atoms with Crippen LogP contribution in [0.1, 0.15) is 31.4 Å². The number of nitrogens with zero attached hydrogens (tertiary/aromatic N) is 2. The SMILES string of the molecule is Cn1nc(-c2ccccc2)cc1CNCC1(F)CCC(C(=O)O)CC1.O=C(O)C(F)(F)F. The number of benzene rings is 1. The highest BCUT2D eigenvalue weighted by Gasteiger charge is 2.38. The Bertz CT molecular complexity index is 908. The van der Waals surface area contributed by atoms with Gasteiger partial charge in [-0.2, -0.15) is 18.3 Å². The third-order valence-corrected chi connectivity index (χ3v) is 5.27. The van der Waals surface area contributed by atoms with Crippen LogP contribution in [-0.2, 0) is 23.2 Å². The van der Waals surface area contributed by atoms with Crippen LogP contribution in [0.5, 0.6) is 0 Å². The first-order valence-electron chi connectivity index (χ1n) is 9.92. The number of aryl methyl sites for hydroxylation is 1. The van der Waals surface area contributed by atoms with Crippen LogP contribution in [-0.4, -0.2) is 50.3 Å². The van der Waals surface area contributed by atoms with Crippen LogP contribution in [0.2, 0.25) is 0 Å². The van der Waals surface area contributed by atoms with E-state index in [4.69, 9.17) is 15.0 Å². The highest BCUT2D eigenvalue weighted by atomic mass is 19.4. The van der Waals surface area contributed by atoms with E-state index in [0.29, 0.717) is 32.2 Å². The molecule has 0 unspecified atom stereocenters. The standard InChI is InChI=1S/C19H24FN3O2.C2HF3O2/c1-23-16(11-17(22-23)14-5-3-2-4-6-14)12-21-13-19(20)9-7-15(8-10-19)18(24)25;3-2(4,5)1(6)7/h2-6,11,15,21H,7-10,12-13H2,1H3,(H,24,25);(H,6,7). The molecule has 1 fully saturated rings. The largest absolute Gasteiger partial charge is 0.490 e. The Balaban J connectivity index is 0.000000451. The summed E-state index contributed by atoms with van der Waals surface area (Å²) in [7, 11) is 1.88. The second-order valence-corrected chi connectivity index (χ2v) is 7.68. The van der Waals surface area contributed by atoms with E-state index in [1.54, 1.807) is 0 Å². The van der Waals surface area contributed by atoms with E-state index in [-0.39, 0.29) is 6.54 Å². The molecule has 3 rings (SSSR count). The van der Waals surface area contributed by atoms with Crippen molar-refractivity contribution in [2.45, 2.75) is 44.1 Å². The molecule has 1 aromatic heterocycles. The number of rotatable bonds is 6. The van der Waals surface area contributed by atoms with Crippen molar-refractivity contribution in [3.63, 3.8) is 0 Å². The van der Waals surface area contributed by atoms with Gasteiger partial charge in [0.15, 0.2) is 0 Å². The first kappa shape index (κ1) is 25.3. The monoisotopic (exact) mass is 459 g/mol. The van der Waals surface area contributed by atoms with E-state index in [1.165, 1.54) is 0 Å². The quantitative estimate of drug-likeness (QED) is 0.568. The zero-order valence-electron chi connectivity index (χ0n) is 17.4.